The highest BCUT2D eigenvalue weighted by Crippen LogP contribution is 2.02. The smallest absolute Gasteiger partial charge is 0.334 e. The highest BCUT2D eigenvalue weighted by molar-refractivity contribution is 5.82. The number of nitrogens with one attached hydrogen (secondary N) is 1. The summed E-state index contributed by atoms with van der Waals surface area (Å²) >= 11 is 0. The summed E-state index contributed by atoms with van der Waals surface area (Å²) in [5.41, 5.74) is 0. The quantitative estimate of drug-likeness (QED) is 0.500. The van der Waals surface area contributed by atoms with Gasteiger partial charge < -0.3 is 25.5 Å². The molecular weight excluding hydrogens is 256 g/mol. The van der Waals surface area contributed by atoms with Gasteiger partial charge in [0.2, 0.25) is 0 Å². The number of aliphatic hydroxyl groups is 1. The van der Waals surface area contributed by atoms with Crippen LogP contribution in [0.25, 0.3) is 0 Å². The summed E-state index contributed by atoms with van der Waals surface area (Å²) < 4.78 is 0. The van der Waals surface area contributed by atoms with Crippen molar-refractivity contribution in [2.45, 2.75) is 32.9 Å². The summed E-state index contributed by atoms with van der Waals surface area (Å²) in [7, 11) is 0. The summed E-state index contributed by atoms with van der Waals surface area (Å²) in [5, 5.41) is 28.8. The van der Waals surface area contributed by atoms with Gasteiger partial charge in [-0.1, -0.05) is 13.8 Å². The van der Waals surface area contributed by atoms with Gasteiger partial charge in [0.05, 0.1) is 6.54 Å². The number of carbonyl (C=O) groups excluding carboxylic acids is 1. The van der Waals surface area contributed by atoms with Gasteiger partial charge in [-0.2, -0.15) is 0 Å². The van der Waals surface area contributed by atoms with Crippen molar-refractivity contribution >= 4 is 18.0 Å². The maximum atomic E-state index is 11.8. The van der Waals surface area contributed by atoms with Crippen molar-refractivity contribution in [3.63, 3.8) is 0 Å². The van der Waals surface area contributed by atoms with Gasteiger partial charge in [0.15, 0.2) is 6.10 Å². The highest BCUT2D eigenvalue weighted by Gasteiger charge is 2.24. The monoisotopic (exact) mass is 276 g/mol. The zero-order valence-electron chi connectivity index (χ0n) is 11.2. The van der Waals surface area contributed by atoms with Gasteiger partial charge in [0, 0.05) is 6.54 Å². The van der Waals surface area contributed by atoms with E-state index in [1.165, 1.54) is 6.92 Å². The molecule has 0 aliphatic rings. The number of urea groups is 1. The molecule has 0 aromatic carbocycles. The van der Waals surface area contributed by atoms with Crippen LogP contribution in [0.3, 0.4) is 0 Å². The normalized spacial score (nSPS) is 13.7. The number of aliphatic carboxylic acids is 2. The van der Waals surface area contributed by atoms with Gasteiger partial charge >= 0.3 is 18.0 Å². The summed E-state index contributed by atoms with van der Waals surface area (Å²) in [5.74, 6) is -2.59. The summed E-state index contributed by atoms with van der Waals surface area (Å²) in [6.45, 7) is 4.73. The molecule has 19 heavy (non-hydrogen) atoms. The lowest BCUT2D eigenvalue weighted by Gasteiger charge is -2.26. The van der Waals surface area contributed by atoms with Gasteiger partial charge in [0.1, 0.15) is 6.04 Å². The molecule has 0 rings (SSSR count). The maximum Gasteiger partial charge on any atom is 0.334 e. The Morgan fingerprint density at radius 2 is 1.58 bits per heavy atom. The molecule has 8 nitrogen and oxygen atoms in total. The molecule has 0 saturated carbocycles. The van der Waals surface area contributed by atoms with E-state index in [9.17, 15) is 19.5 Å². The molecule has 0 aromatic heterocycles. The largest absolute Gasteiger partial charge is 0.480 e. The van der Waals surface area contributed by atoms with Crippen LogP contribution >= 0.6 is 0 Å². The predicted octanol–water partition coefficient (Wildman–Crippen LogP) is -0.427. The fraction of sp³-hybridized carbons (Fsp3) is 0.727. The van der Waals surface area contributed by atoms with Gasteiger partial charge in [-0.15, -0.1) is 0 Å². The molecule has 1 unspecified atom stereocenters. The third-order valence-electron chi connectivity index (χ3n) is 2.26. The van der Waals surface area contributed by atoms with Crippen LogP contribution in [0.15, 0.2) is 0 Å². The number of carboxylic acids is 2. The fourth-order valence-corrected chi connectivity index (χ4v) is 1.31. The van der Waals surface area contributed by atoms with E-state index in [-0.39, 0.29) is 12.5 Å². The Labute approximate surface area is 111 Å². The van der Waals surface area contributed by atoms with E-state index in [0.29, 0.717) is 0 Å². The minimum atomic E-state index is -1.70. The van der Waals surface area contributed by atoms with Gasteiger partial charge in [0.25, 0.3) is 0 Å². The van der Waals surface area contributed by atoms with Gasteiger partial charge in [-0.25, -0.2) is 9.59 Å². The molecule has 0 aliphatic carbocycles. The van der Waals surface area contributed by atoms with Crippen molar-refractivity contribution in [2.75, 3.05) is 13.1 Å². The number of rotatable bonds is 7. The molecule has 0 heterocycles. The molecule has 0 fully saturated rings. The van der Waals surface area contributed by atoms with Crippen molar-refractivity contribution in [1.29, 1.82) is 0 Å². The molecule has 110 valence electrons. The van der Waals surface area contributed by atoms with Crippen molar-refractivity contribution in [2.24, 2.45) is 5.92 Å². The lowest BCUT2D eigenvalue weighted by atomic mass is 10.2. The Morgan fingerprint density at radius 3 is 1.95 bits per heavy atom. The number of hydrogen-bond donors (Lipinski definition) is 4. The Bertz CT molecular complexity index is 344. The van der Waals surface area contributed by atoms with E-state index in [0.717, 1.165) is 4.90 Å². The summed E-state index contributed by atoms with van der Waals surface area (Å²) in [4.78, 5) is 34.1. The van der Waals surface area contributed by atoms with E-state index in [1.54, 1.807) is 0 Å². The van der Waals surface area contributed by atoms with E-state index in [2.05, 4.69) is 5.32 Å². The van der Waals surface area contributed by atoms with Crippen LogP contribution in [0.5, 0.6) is 0 Å². The number of amides is 2. The average Bonchev–Trinajstić information content (AvgIpc) is 2.26. The van der Waals surface area contributed by atoms with Crippen molar-refractivity contribution in [3.8, 4) is 0 Å². The molecule has 2 atom stereocenters. The summed E-state index contributed by atoms with van der Waals surface area (Å²) in [6, 6.07) is -1.81. The Kier molecular flexibility index (Phi) is 6.84. The van der Waals surface area contributed by atoms with Gasteiger partial charge in [-0.3, -0.25) is 4.79 Å². The Balaban J connectivity index is 4.69. The van der Waals surface area contributed by atoms with Crippen LogP contribution in [0, 0.1) is 5.92 Å². The second kappa shape index (κ2) is 7.57. The Morgan fingerprint density at radius 1 is 1.05 bits per heavy atom. The first kappa shape index (κ1) is 17.2. The van der Waals surface area contributed by atoms with Crippen molar-refractivity contribution < 1.29 is 29.7 Å². The second-order valence-corrected chi connectivity index (χ2v) is 4.66. The van der Waals surface area contributed by atoms with Crippen LogP contribution in [0.1, 0.15) is 20.8 Å². The standard InChI is InChI=1S/C11H20N2O6/c1-6(2)4-13(5-8(14)10(17)18)11(19)12-7(3)9(15)16/h6-8,14H,4-5H2,1-3H3,(H,12,19)(H,15,16)(H,17,18)/t7?,8-/m0/s1. The molecule has 0 aliphatic heterocycles. The molecule has 4 N–H and O–H groups in total. The molecule has 0 bridgehead atoms. The molecular formula is C11H20N2O6. The number of aliphatic hydroxyl groups excluding tert-OH is 1. The summed E-state index contributed by atoms with van der Waals surface area (Å²) in [6.07, 6.45) is -1.70. The number of nitrogens with zero attached hydrogens (tertiary/aromatic N) is 1. The molecule has 0 spiro atoms. The van der Waals surface area contributed by atoms with Crippen molar-refractivity contribution in [3.05, 3.63) is 0 Å². The van der Waals surface area contributed by atoms with Crippen LogP contribution in [-0.2, 0) is 9.59 Å². The second-order valence-electron chi connectivity index (χ2n) is 4.66. The average molecular weight is 276 g/mol. The Hall–Kier alpha value is -1.83. The van der Waals surface area contributed by atoms with Crippen LogP contribution in [0.4, 0.5) is 4.79 Å². The number of hydrogen-bond acceptors (Lipinski definition) is 4. The first-order chi connectivity index (χ1) is 8.65. The lowest BCUT2D eigenvalue weighted by Crippen LogP contribution is -2.50. The maximum absolute atomic E-state index is 11.8. The first-order valence-electron chi connectivity index (χ1n) is 5.84. The molecule has 0 saturated heterocycles. The van der Waals surface area contributed by atoms with Crippen LogP contribution in [-0.4, -0.2) is 63.4 Å². The van der Waals surface area contributed by atoms with Crippen LogP contribution in [0.2, 0.25) is 0 Å². The van der Waals surface area contributed by atoms with Crippen LogP contribution < -0.4 is 5.32 Å². The number of carbonyl (C=O) groups is 3. The molecule has 2 amide bonds. The molecule has 0 radical (unpaired) electrons. The zero-order valence-corrected chi connectivity index (χ0v) is 11.2. The third kappa shape index (κ3) is 6.61. The van der Waals surface area contributed by atoms with Crippen molar-refractivity contribution in [1.82, 2.24) is 10.2 Å². The first-order valence-corrected chi connectivity index (χ1v) is 5.84. The van der Waals surface area contributed by atoms with E-state index in [1.807, 2.05) is 13.8 Å². The van der Waals surface area contributed by atoms with E-state index < -0.39 is 36.7 Å². The topological polar surface area (TPSA) is 127 Å². The SMILES string of the molecule is CC(C)CN(C[C@H](O)C(=O)O)C(=O)NC(C)C(=O)O. The van der Waals surface area contributed by atoms with Gasteiger partial charge in [-0.05, 0) is 12.8 Å². The lowest BCUT2D eigenvalue weighted by molar-refractivity contribution is -0.147. The third-order valence-corrected chi connectivity index (χ3v) is 2.26. The van der Waals surface area contributed by atoms with E-state index in [4.69, 9.17) is 10.2 Å². The molecule has 0 aromatic rings. The highest BCUT2D eigenvalue weighted by atomic mass is 16.4. The predicted molar refractivity (Wildman–Crippen MR) is 65.7 cm³/mol. The number of carboxylic acid groups (broad SMARTS) is 2. The zero-order chi connectivity index (χ0) is 15.2. The minimum absolute atomic E-state index is 0.0480. The molecule has 8 heteroatoms. The minimum Gasteiger partial charge on any atom is -0.480 e. The fourth-order valence-electron chi connectivity index (χ4n) is 1.31. The van der Waals surface area contributed by atoms with E-state index >= 15 is 0 Å².